The van der Waals surface area contributed by atoms with Crippen molar-refractivity contribution in [3.8, 4) is 11.5 Å². The quantitative estimate of drug-likeness (QED) is 0.745. The number of thiophene rings is 1. The van der Waals surface area contributed by atoms with Gasteiger partial charge in [-0.25, -0.2) is 0 Å². The molecule has 6 nitrogen and oxygen atoms in total. The molecule has 7 heteroatoms. The normalized spacial score (nSPS) is 19.0. The van der Waals surface area contributed by atoms with Crippen molar-refractivity contribution >= 4 is 23.2 Å². The number of carbonyl (C=O) groups excluding carboxylic acids is 2. The van der Waals surface area contributed by atoms with E-state index in [2.05, 4.69) is 13.8 Å². The fraction of sp³-hybridized carbons (Fsp3) is 0.429. The molecule has 1 fully saturated rings. The number of carbonyl (C=O) groups is 2. The van der Waals surface area contributed by atoms with Crippen LogP contribution in [0.1, 0.15) is 36.8 Å². The summed E-state index contributed by atoms with van der Waals surface area (Å²) < 4.78 is 10.8. The first-order valence-corrected chi connectivity index (χ1v) is 10.4. The van der Waals surface area contributed by atoms with Crippen LogP contribution in [0.3, 0.4) is 0 Å². The first-order chi connectivity index (χ1) is 13.5. The summed E-state index contributed by atoms with van der Waals surface area (Å²) >= 11 is 1.51. The minimum atomic E-state index is -0.571. The number of benzene rings is 1. The fourth-order valence-electron chi connectivity index (χ4n) is 3.52. The van der Waals surface area contributed by atoms with E-state index in [0.29, 0.717) is 30.5 Å². The Labute approximate surface area is 168 Å². The average molecular weight is 401 g/mol. The zero-order valence-electron chi connectivity index (χ0n) is 16.1. The predicted molar refractivity (Wildman–Crippen MR) is 106 cm³/mol. The molecule has 4 rings (SSSR count). The number of fused-ring (bicyclic) bond motifs is 1. The van der Waals surface area contributed by atoms with E-state index in [1.165, 1.54) is 11.3 Å². The lowest BCUT2D eigenvalue weighted by Crippen LogP contribution is -2.55. The Morgan fingerprint density at radius 3 is 2.75 bits per heavy atom. The van der Waals surface area contributed by atoms with E-state index in [1.807, 2.05) is 35.7 Å². The van der Waals surface area contributed by atoms with Gasteiger partial charge in [-0.2, -0.15) is 0 Å². The molecule has 0 aliphatic carbocycles. The van der Waals surface area contributed by atoms with Crippen LogP contribution < -0.4 is 9.47 Å². The van der Waals surface area contributed by atoms with Crippen LogP contribution in [-0.2, 0) is 16.1 Å². The molecule has 2 aliphatic rings. The highest BCUT2D eigenvalue weighted by Crippen LogP contribution is 2.35. The van der Waals surface area contributed by atoms with Crippen molar-refractivity contribution in [3.63, 3.8) is 0 Å². The molecule has 0 bridgehead atoms. The van der Waals surface area contributed by atoms with Gasteiger partial charge in [0.05, 0.1) is 6.54 Å². The zero-order chi connectivity index (χ0) is 19.7. The van der Waals surface area contributed by atoms with Gasteiger partial charge in [0.2, 0.25) is 12.7 Å². The van der Waals surface area contributed by atoms with Crippen LogP contribution in [0.4, 0.5) is 0 Å². The SMILES string of the molecule is CC(C)CCN1CC(=O)N(Cc2ccc3c(c2)OCO3)C(c2cccs2)C1=O. The van der Waals surface area contributed by atoms with E-state index in [1.54, 1.807) is 9.80 Å². The molecule has 2 aromatic rings. The maximum atomic E-state index is 13.3. The van der Waals surface area contributed by atoms with Gasteiger partial charge in [0.1, 0.15) is 6.04 Å². The Bertz CT molecular complexity index is 865. The van der Waals surface area contributed by atoms with E-state index >= 15 is 0 Å². The topological polar surface area (TPSA) is 59.1 Å². The molecule has 2 amide bonds. The lowest BCUT2D eigenvalue weighted by molar-refractivity contribution is -0.157. The van der Waals surface area contributed by atoms with Gasteiger partial charge in [-0.3, -0.25) is 9.59 Å². The summed E-state index contributed by atoms with van der Waals surface area (Å²) in [5.74, 6) is 1.84. The average Bonchev–Trinajstić information content (AvgIpc) is 3.34. The number of piperazine rings is 1. The van der Waals surface area contributed by atoms with Crippen molar-refractivity contribution in [2.75, 3.05) is 19.9 Å². The highest BCUT2D eigenvalue weighted by Gasteiger charge is 2.40. The first-order valence-electron chi connectivity index (χ1n) is 9.53. The van der Waals surface area contributed by atoms with E-state index in [9.17, 15) is 9.59 Å². The monoisotopic (exact) mass is 400 g/mol. The van der Waals surface area contributed by atoms with Crippen LogP contribution in [0.25, 0.3) is 0 Å². The third-order valence-corrected chi connectivity index (χ3v) is 6.01. The molecule has 3 heterocycles. The lowest BCUT2D eigenvalue weighted by Gasteiger charge is -2.40. The number of hydrogen-bond donors (Lipinski definition) is 0. The molecule has 0 saturated carbocycles. The molecule has 1 atom stereocenters. The Morgan fingerprint density at radius 1 is 1.18 bits per heavy atom. The van der Waals surface area contributed by atoms with Gasteiger partial charge in [0.15, 0.2) is 11.5 Å². The molecule has 2 aliphatic heterocycles. The Hall–Kier alpha value is -2.54. The summed E-state index contributed by atoms with van der Waals surface area (Å²) in [6, 6.07) is 8.93. The summed E-state index contributed by atoms with van der Waals surface area (Å²) in [5, 5.41) is 1.94. The second-order valence-electron chi connectivity index (χ2n) is 7.57. The molecule has 0 N–H and O–H groups in total. The molecule has 148 valence electrons. The van der Waals surface area contributed by atoms with Crippen LogP contribution >= 0.6 is 11.3 Å². The van der Waals surface area contributed by atoms with Crippen molar-refractivity contribution in [1.29, 1.82) is 0 Å². The van der Waals surface area contributed by atoms with Crippen molar-refractivity contribution in [1.82, 2.24) is 9.80 Å². The van der Waals surface area contributed by atoms with Gasteiger partial charge in [-0.05, 0) is 41.5 Å². The van der Waals surface area contributed by atoms with Crippen LogP contribution in [-0.4, -0.2) is 41.5 Å². The van der Waals surface area contributed by atoms with Crippen molar-refractivity contribution < 1.29 is 19.1 Å². The lowest BCUT2D eigenvalue weighted by atomic mass is 10.0. The molecule has 1 aromatic carbocycles. The van der Waals surface area contributed by atoms with Crippen LogP contribution in [0, 0.1) is 5.92 Å². The second-order valence-corrected chi connectivity index (χ2v) is 8.55. The molecule has 1 aromatic heterocycles. The standard InChI is InChI=1S/C21H24N2O4S/c1-14(2)7-8-22-12-19(24)23(20(21(22)25)18-4-3-9-28-18)11-15-5-6-16-17(10-15)27-13-26-16/h3-6,9-10,14,20H,7-8,11-13H2,1-2H3. The predicted octanol–water partition coefficient (Wildman–Crippen LogP) is 3.44. The molecule has 0 spiro atoms. The van der Waals surface area contributed by atoms with E-state index in [4.69, 9.17) is 9.47 Å². The molecule has 0 radical (unpaired) electrons. The fourth-order valence-corrected chi connectivity index (χ4v) is 4.35. The minimum Gasteiger partial charge on any atom is -0.454 e. The minimum absolute atomic E-state index is 0.00319. The van der Waals surface area contributed by atoms with Gasteiger partial charge in [0.25, 0.3) is 5.91 Å². The highest BCUT2D eigenvalue weighted by atomic mass is 32.1. The van der Waals surface area contributed by atoms with Crippen molar-refractivity contribution in [2.24, 2.45) is 5.92 Å². The molecular formula is C21H24N2O4S. The summed E-state index contributed by atoms with van der Waals surface area (Å²) in [6.07, 6.45) is 0.887. The second kappa shape index (κ2) is 7.83. The highest BCUT2D eigenvalue weighted by molar-refractivity contribution is 7.10. The number of amides is 2. The van der Waals surface area contributed by atoms with Gasteiger partial charge in [0, 0.05) is 18.0 Å². The Kier molecular flexibility index (Phi) is 5.26. The third-order valence-electron chi connectivity index (χ3n) is 5.08. The van der Waals surface area contributed by atoms with Crippen LogP contribution in [0.5, 0.6) is 11.5 Å². The Morgan fingerprint density at radius 2 is 2.00 bits per heavy atom. The van der Waals surface area contributed by atoms with E-state index < -0.39 is 6.04 Å². The van der Waals surface area contributed by atoms with Gasteiger partial charge >= 0.3 is 0 Å². The van der Waals surface area contributed by atoms with Crippen molar-refractivity contribution in [3.05, 3.63) is 46.2 Å². The van der Waals surface area contributed by atoms with Crippen LogP contribution in [0.15, 0.2) is 35.7 Å². The summed E-state index contributed by atoms with van der Waals surface area (Å²) in [7, 11) is 0. The summed E-state index contributed by atoms with van der Waals surface area (Å²) in [4.78, 5) is 30.6. The number of hydrogen-bond acceptors (Lipinski definition) is 5. The summed E-state index contributed by atoms with van der Waals surface area (Å²) in [5.41, 5.74) is 0.919. The van der Waals surface area contributed by atoms with Gasteiger partial charge in [-0.1, -0.05) is 26.0 Å². The maximum absolute atomic E-state index is 13.3. The van der Waals surface area contributed by atoms with Crippen molar-refractivity contribution in [2.45, 2.75) is 32.9 Å². The largest absolute Gasteiger partial charge is 0.454 e. The molecule has 28 heavy (non-hydrogen) atoms. The molecular weight excluding hydrogens is 376 g/mol. The van der Waals surface area contributed by atoms with E-state index in [0.717, 1.165) is 16.9 Å². The Balaban J connectivity index is 1.59. The van der Waals surface area contributed by atoms with Gasteiger partial charge in [-0.15, -0.1) is 11.3 Å². The first kappa shape index (κ1) is 18.8. The van der Waals surface area contributed by atoms with E-state index in [-0.39, 0.29) is 25.2 Å². The summed E-state index contributed by atoms with van der Waals surface area (Å²) in [6.45, 7) is 5.57. The number of rotatable bonds is 6. The number of ether oxygens (including phenoxy) is 2. The zero-order valence-corrected chi connectivity index (χ0v) is 16.9. The molecule has 1 unspecified atom stereocenters. The van der Waals surface area contributed by atoms with Crippen LogP contribution in [0.2, 0.25) is 0 Å². The smallest absolute Gasteiger partial charge is 0.251 e. The van der Waals surface area contributed by atoms with Gasteiger partial charge < -0.3 is 19.3 Å². The third kappa shape index (κ3) is 3.71. The molecule has 1 saturated heterocycles. The maximum Gasteiger partial charge on any atom is 0.251 e. The number of nitrogens with zero attached hydrogens (tertiary/aromatic N) is 2.